The zero-order chi connectivity index (χ0) is 25.0. The lowest BCUT2D eigenvalue weighted by Gasteiger charge is -2.27. The zero-order valence-corrected chi connectivity index (χ0v) is 20.0. The maximum atomic E-state index is 12.3. The Morgan fingerprint density at radius 1 is 0.485 bits per heavy atom. The molecule has 8 nitrogen and oxygen atoms in total. The molecule has 0 heterocycles. The van der Waals surface area contributed by atoms with E-state index in [2.05, 4.69) is 0 Å². The standard InChI is InChI=1S/C25H36O8/c1-5-9-13-17-21(26)30-25(31-22(27)18-14-10-6-2,32-23(28)19-15-11-7-3)33-24(29)20-16-12-8-4/h13-20H,5-12H2,1-4H3. The maximum absolute atomic E-state index is 12.3. The minimum absolute atomic E-state index is 0.584. The Bertz CT molecular complexity index is 605. The molecule has 0 N–H and O–H groups in total. The SMILES string of the molecule is CCCC=CC(=O)OC(OC(=O)C=CCCC)(OC(=O)C=CCCC)OC(=O)C=CCCC. The van der Waals surface area contributed by atoms with E-state index in [9.17, 15) is 19.2 Å². The molecule has 0 spiro atoms. The van der Waals surface area contributed by atoms with Crippen LogP contribution < -0.4 is 0 Å². The molecule has 0 unspecified atom stereocenters. The molecule has 0 rings (SSSR count). The molecule has 0 amide bonds. The molecule has 0 aliphatic heterocycles. The fourth-order valence-corrected chi connectivity index (χ4v) is 2.14. The van der Waals surface area contributed by atoms with Crippen LogP contribution in [-0.2, 0) is 38.1 Å². The number of unbranched alkanes of at least 4 members (excludes halogenated alkanes) is 4. The summed E-state index contributed by atoms with van der Waals surface area (Å²) in [6.45, 7) is 7.66. The van der Waals surface area contributed by atoms with Crippen molar-refractivity contribution < 1.29 is 38.1 Å². The predicted octanol–water partition coefficient (Wildman–Crippen LogP) is 5.20. The number of hydrogen-bond donors (Lipinski definition) is 0. The molecule has 0 bridgehead atoms. The van der Waals surface area contributed by atoms with Crippen molar-refractivity contribution in [3.63, 3.8) is 0 Å². The minimum Gasteiger partial charge on any atom is -0.349 e. The van der Waals surface area contributed by atoms with Crippen LogP contribution in [-0.4, -0.2) is 30.0 Å². The van der Waals surface area contributed by atoms with Gasteiger partial charge in [-0.1, -0.05) is 77.7 Å². The van der Waals surface area contributed by atoms with Crippen molar-refractivity contribution in [2.24, 2.45) is 0 Å². The van der Waals surface area contributed by atoms with Gasteiger partial charge < -0.3 is 18.9 Å². The topological polar surface area (TPSA) is 105 Å². The Morgan fingerprint density at radius 3 is 0.879 bits per heavy atom. The van der Waals surface area contributed by atoms with Crippen LogP contribution in [0.15, 0.2) is 48.6 Å². The molecule has 33 heavy (non-hydrogen) atoms. The molecular weight excluding hydrogens is 428 g/mol. The molecule has 0 aliphatic rings. The Hall–Kier alpha value is -3.16. The summed E-state index contributed by atoms with van der Waals surface area (Å²) in [4.78, 5) is 49.3. The first kappa shape index (κ1) is 29.8. The molecule has 0 aromatic heterocycles. The van der Waals surface area contributed by atoms with Gasteiger partial charge in [-0.2, -0.15) is 0 Å². The molecule has 0 saturated carbocycles. The van der Waals surface area contributed by atoms with E-state index in [1.807, 2.05) is 27.7 Å². The van der Waals surface area contributed by atoms with Crippen LogP contribution in [0.25, 0.3) is 0 Å². The highest BCUT2D eigenvalue weighted by Crippen LogP contribution is 2.21. The number of carbonyl (C=O) groups excluding carboxylic acids is 4. The van der Waals surface area contributed by atoms with Gasteiger partial charge in [0, 0.05) is 24.3 Å². The van der Waals surface area contributed by atoms with E-state index in [-0.39, 0.29) is 0 Å². The van der Waals surface area contributed by atoms with Crippen molar-refractivity contribution in [2.45, 2.75) is 85.2 Å². The molecule has 0 fully saturated rings. The van der Waals surface area contributed by atoms with Gasteiger partial charge in [-0.05, 0) is 25.7 Å². The van der Waals surface area contributed by atoms with Gasteiger partial charge >= 0.3 is 30.0 Å². The molecular formula is C25H36O8. The van der Waals surface area contributed by atoms with Gasteiger partial charge in [0.1, 0.15) is 0 Å². The van der Waals surface area contributed by atoms with Crippen molar-refractivity contribution in [1.29, 1.82) is 0 Å². The van der Waals surface area contributed by atoms with E-state index >= 15 is 0 Å². The minimum atomic E-state index is -3.03. The largest absolute Gasteiger partial charge is 0.620 e. The first-order valence-corrected chi connectivity index (χ1v) is 11.4. The molecule has 8 heteroatoms. The Morgan fingerprint density at radius 2 is 0.697 bits per heavy atom. The van der Waals surface area contributed by atoms with Crippen molar-refractivity contribution in [2.75, 3.05) is 0 Å². The summed E-state index contributed by atoms with van der Waals surface area (Å²) in [6, 6.07) is 0. The third kappa shape index (κ3) is 15.3. The van der Waals surface area contributed by atoms with E-state index in [1.54, 1.807) is 0 Å². The lowest BCUT2D eigenvalue weighted by atomic mass is 10.3. The van der Waals surface area contributed by atoms with Crippen molar-refractivity contribution in [3.05, 3.63) is 48.6 Å². The summed E-state index contributed by atoms with van der Waals surface area (Å²) in [5, 5.41) is 0. The highest BCUT2D eigenvalue weighted by molar-refractivity contribution is 5.87. The Balaban J connectivity index is 5.99. The van der Waals surface area contributed by atoms with Crippen LogP contribution in [0.5, 0.6) is 0 Å². The van der Waals surface area contributed by atoms with Crippen LogP contribution in [0.3, 0.4) is 0 Å². The van der Waals surface area contributed by atoms with Crippen LogP contribution in [0.1, 0.15) is 79.1 Å². The van der Waals surface area contributed by atoms with E-state index in [0.29, 0.717) is 25.7 Å². The molecule has 0 radical (unpaired) electrons. The third-order valence-corrected chi connectivity index (χ3v) is 3.74. The highest BCUT2D eigenvalue weighted by atomic mass is 17.0. The number of hydrogen-bond acceptors (Lipinski definition) is 8. The van der Waals surface area contributed by atoms with E-state index < -0.39 is 30.0 Å². The number of carbonyl (C=O) groups is 4. The summed E-state index contributed by atoms with van der Waals surface area (Å²) in [6.07, 6.45) is 12.8. The molecule has 0 aromatic carbocycles. The zero-order valence-electron chi connectivity index (χ0n) is 20.0. The average Bonchev–Trinajstić information content (AvgIpc) is 2.74. The highest BCUT2D eigenvalue weighted by Gasteiger charge is 2.48. The normalized spacial score (nSPS) is 13.5. The number of esters is 4. The molecule has 0 aliphatic carbocycles. The fourth-order valence-electron chi connectivity index (χ4n) is 2.14. The summed E-state index contributed by atoms with van der Waals surface area (Å²) in [5.41, 5.74) is 0. The second kappa shape index (κ2) is 18.4. The predicted molar refractivity (Wildman–Crippen MR) is 123 cm³/mol. The van der Waals surface area contributed by atoms with Gasteiger partial charge in [0.2, 0.25) is 0 Å². The average molecular weight is 465 g/mol. The van der Waals surface area contributed by atoms with Gasteiger partial charge in [-0.15, -0.1) is 0 Å². The third-order valence-electron chi connectivity index (χ3n) is 3.74. The van der Waals surface area contributed by atoms with E-state index in [4.69, 9.17) is 18.9 Å². The monoisotopic (exact) mass is 464 g/mol. The smallest absolute Gasteiger partial charge is 0.349 e. The van der Waals surface area contributed by atoms with Gasteiger partial charge in [0.25, 0.3) is 0 Å². The Labute approximate surface area is 196 Å². The number of rotatable bonds is 16. The molecule has 0 atom stereocenters. The second-order valence-electron chi connectivity index (χ2n) is 6.95. The molecule has 0 aromatic rings. The number of ether oxygens (including phenoxy) is 4. The van der Waals surface area contributed by atoms with Gasteiger partial charge in [0.15, 0.2) is 0 Å². The van der Waals surface area contributed by atoms with Gasteiger partial charge in [-0.25, -0.2) is 19.2 Å². The van der Waals surface area contributed by atoms with E-state index in [1.165, 1.54) is 24.3 Å². The maximum Gasteiger partial charge on any atom is 0.620 e. The van der Waals surface area contributed by atoms with Crippen molar-refractivity contribution in [1.82, 2.24) is 0 Å². The quantitative estimate of drug-likeness (QED) is 0.174. The summed E-state index contributed by atoms with van der Waals surface area (Å²) in [5.74, 6) is -4.09. The summed E-state index contributed by atoms with van der Waals surface area (Å²) < 4.78 is 20.2. The second-order valence-corrected chi connectivity index (χ2v) is 6.95. The van der Waals surface area contributed by atoms with Gasteiger partial charge in [0.05, 0.1) is 0 Å². The first-order valence-electron chi connectivity index (χ1n) is 11.4. The van der Waals surface area contributed by atoms with Gasteiger partial charge in [-0.3, -0.25) is 0 Å². The van der Waals surface area contributed by atoms with Crippen LogP contribution >= 0.6 is 0 Å². The van der Waals surface area contributed by atoms with Crippen molar-refractivity contribution >= 4 is 23.9 Å². The summed E-state index contributed by atoms with van der Waals surface area (Å²) >= 11 is 0. The lowest BCUT2D eigenvalue weighted by Crippen LogP contribution is -2.47. The van der Waals surface area contributed by atoms with Crippen LogP contribution in [0.4, 0.5) is 0 Å². The number of allylic oxidation sites excluding steroid dienone is 4. The van der Waals surface area contributed by atoms with Crippen LogP contribution in [0, 0.1) is 0 Å². The van der Waals surface area contributed by atoms with Crippen LogP contribution in [0.2, 0.25) is 0 Å². The van der Waals surface area contributed by atoms with E-state index in [0.717, 1.165) is 50.0 Å². The Kier molecular flexibility index (Phi) is 16.7. The molecule has 0 saturated heterocycles. The lowest BCUT2D eigenvalue weighted by molar-refractivity contribution is -0.427. The van der Waals surface area contributed by atoms with Crippen molar-refractivity contribution in [3.8, 4) is 0 Å². The molecule has 184 valence electrons. The first-order chi connectivity index (χ1) is 15.8. The summed E-state index contributed by atoms with van der Waals surface area (Å²) in [7, 11) is 0. The fraction of sp³-hybridized carbons (Fsp3) is 0.520.